The van der Waals surface area contributed by atoms with Crippen molar-refractivity contribution >= 4 is 0 Å². The monoisotopic (exact) mass is 278 g/mol. The molecule has 1 heteroatoms. The molecule has 21 heavy (non-hydrogen) atoms. The Morgan fingerprint density at radius 3 is 2.14 bits per heavy atom. The van der Waals surface area contributed by atoms with Crippen molar-refractivity contribution in [3.05, 3.63) is 60.2 Å². The van der Waals surface area contributed by atoms with Gasteiger partial charge in [0.1, 0.15) is 0 Å². The fourth-order valence-corrected chi connectivity index (χ4v) is 4.67. The fourth-order valence-electron chi connectivity index (χ4n) is 4.67. The van der Waals surface area contributed by atoms with Gasteiger partial charge in [0.05, 0.1) is 5.60 Å². The maximum atomic E-state index is 11.2. The van der Waals surface area contributed by atoms with Crippen LogP contribution in [0.5, 0.6) is 0 Å². The number of aliphatic hydroxyl groups is 1. The second-order valence-electron chi connectivity index (χ2n) is 6.87. The summed E-state index contributed by atoms with van der Waals surface area (Å²) in [5.74, 6) is 1.84. The van der Waals surface area contributed by atoms with Crippen LogP contribution in [0.25, 0.3) is 11.1 Å². The Morgan fingerprint density at radius 1 is 0.905 bits per heavy atom. The molecule has 2 aromatic rings. The minimum Gasteiger partial charge on any atom is -0.385 e. The SMILES string of the molecule is CC1C2CCC1C(O)(c1ccc(-c3ccccc3)cc1)C2. The highest BCUT2D eigenvalue weighted by Crippen LogP contribution is 2.58. The zero-order chi connectivity index (χ0) is 14.4. The smallest absolute Gasteiger partial charge is 0.0929 e. The van der Waals surface area contributed by atoms with Gasteiger partial charge >= 0.3 is 0 Å². The van der Waals surface area contributed by atoms with Crippen molar-refractivity contribution in [1.82, 2.24) is 0 Å². The molecule has 2 aromatic carbocycles. The van der Waals surface area contributed by atoms with E-state index in [1.807, 2.05) is 6.07 Å². The Morgan fingerprint density at radius 2 is 1.57 bits per heavy atom. The fraction of sp³-hybridized carbons (Fsp3) is 0.400. The van der Waals surface area contributed by atoms with E-state index in [0.29, 0.717) is 17.8 Å². The van der Waals surface area contributed by atoms with Crippen molar-refractivity contribution in [2.75, 3.05) is 0 Å². The summed E-state index contributed by atoms with van der Waals surface area (Å²) in [6, 6.07) is 19.0. The summed E-state index contributed by atoms with van der Waals surface area (Å²) in [5, 5.41) is 11.2. The summed E-state index contributed by atoms with van der Waals surface area (Å²) in [4.78, 5) is 0. The lowest BCUT2D eigenvalue weighted by Gasteiger charge is -2.33. The molecule has 0 amide bonds. The molecule has 2 fully saturated rings. The average Bonchev–Trinajstić information content (AvgIpc) is 3.01. The first-order chi connectivity index (χ1) is 10.2. The van der Waals surface area contributed by atoms with E-state index in [9.17, 15) is 5.11 Å². The molecule has 0 spiro atoms. The van der Waals surface area contributed by atoms with Crippen molar-refractivity contribution in [2.45, 2.75) is 31.8 Å². The molecule has 0 aliphatic heterocycles. The summed E-state index contributed by atoms with van der Waals surface area (Å²) >= 11 is 0. The van der Waals surface area contributed by atoms with Gasteiger partial charge in [-0.3, -0.25) is 0 Å². The lowest BCUT2D eigenvalue weighted by molar-refractivity contribution is -0.0225. The van der Waals surface area contributed by atoms with E-state index in [1.165, 1.54) is 24.0 Å². The molecule has 1 nitrogen and oxygen atoms in total. The number of rotatable bonds is 2. The lowest BCUT2D eigenvalue weighted by atomic mass is 9.78. The maximum Gasteiger partial charge on any atom is 0.0929 e. The molecule has 108 valence electrons. The molecule has 0 saturated heterocycles. The second kappa shape index (κ2) is 4.71. The van der Waals surface area contributed by atoms with Crippen molar-refractivity contribution < 1.29 is 5.11 Å². The minimum atomic E-state index is -0.586. The molecule has 2 bridgehead atoms. The highest BCUT2D eigenvalue weighted by atomic mass is 16.3. The quantitative estimate of drug-likeness (QED) is 0.850. The van der Waals surface area contributed by atoms with Crippen LogP contribution < -0.4 is 0 Å². The van der Waals surface area contributed by atoms with Gasteiger partial charge in [-0.1, -0.05) is 61.5 Å². The van der Waals surface area contributed by atoms with Crippen molar-refractivity contribution in [3.63, 3.8) is 0 Å². The molecular formula is C20H22O. The van der Waals surface area contributed by atoms with Gasteiger partial charge in [0.15, 0.2) is 0 Å². The first-order valence-corrected chi connectivity index (χ1v) is 8.07. The summed E-state index contributed by atoms with van der Waals surface area (Å²) in [6.45, 7) is 2.32. The molecule has 4 atom stereocenters. The molecule has 4 rings (SSSR count). The number of fused-ring (bicyclic) bond motifs is 2. The Kier molecular flexibility index (Phi) is 2.93. The van der Waals surface area contributed by atoms with Crippen LogP contribution in [0.4, 0.5) is 0 Å². The van der Waals surface area contributed by atoms with E-state index in [4.69, 9.17) is 0 Å². The summed E-state index contributed by atoms with van der Waals surface area (Å²) in [7, 11) is 0. The summed E-state index contributed by atoms with van der Waals surface area (Å²) in [5.41, 5.74) is 2.98. The van der Waals surface area contributed by atoms with Crippen LogP contribution in [0.2, 0.25) is 0 Å². The van der Waals surface area contributed by atoms with Gasteiger partial charge in [-0.2, -0.15) is 0 Å². The number of hydrogen-bond donors (Lipinski definition) is 1. The Labute approximate surface area is 126 Å². The first kappa shape index (κ1) is 13.1. The highest BCUT2D eigenvalue weighted by molar-refractivity contribution is 5.63. The predicted octanol–water partition coefficient (Wildman–Crippen LogP) is 4.61. The highest BCUT2D eigenvalue weighted by Gasteiger charge is 2.55. The second-order valence-corrected chi connectivity index (χ2v) is 6.87. The van der Waals surface area contributed by atoms with Gasteiger partial charge in [-0.25, -0.2) is 0 Å². The van der Waals surface area contributed by atoms with Crippen LogP contribution in [0.3, 0.4) is 0 Å². The van der Waals surface area contributed by atoms with Crippen LogP contribution in [0.1, 0.15) is 31.7 Å². The normalized spacial score (nSPS) is 34.3. The number of benzene rings is 2. The topological polar surface area (TPSA) is 20.2 Å². The van der Waals surface area contributed by atoms with Crippen LogP contribution in [-0.4, -0.2) is 5.11 Å². The number of hydrogen-bond acceptors (Lipinski definition) is 1. The third kappa shape index (κ3) is 1.95. The Balaban J connectivity index is 1.66. The molecule has 0 heterocycles. The standard InChI is InChI=1S/C20H22O/c1-14-17-9-12-19(14)20(21,13-17)18-10-7-16(8-11-18)15-5-3-2-4-6-15/h2-8,10-11,14,17,19,21H,9,12-13H2,1H3. The van der Waals surface area contributed by atoms with Crippen LogP contribution in [-0.2, 0) is 5.60 Å². The van der Waals surface area contributed by atoms with Crippen molar-refractivity contribution in [3.8, 4) is 11.1 Å². The molecular weight excluding hydrogens is 256 g/mol. The van der Waals surface area contributed by atoms with Crippen LogP contribution in [0.15, 0.2) is 54.6 Å². The van der Waals surface area contributed by atoms with Crippen molar-refractivity contribution in [1.29, 1.82) is 0 Å². The molecule has 2 saturated carbocycles. The molecule has 0 radical (unpaired) electrons. The lowest BCUT2D eigenvalue weighted by Crippen LogP contribution is -2.32. The molecule has 1 N–H and O–H groups in total. The first-order valence-electron chi connectivity index (χ1n) is 8.07. The van der Waals surface area contributed by atoms with Crippen LogP contribution >= 0.6 is 0 Å². The van der Waals surface area contributed by atoms with E-state index < -0.39 is 5.60 Å². The van der Waals surface area contributed by atoms with E-state index in [1.54, 1.807) is 0 Å². The van der Waals surface area contributed by atoms with Gasteiger partial charge in [0, 0.05) is 0 Å². The van der Waals surface area contributed by atoms with Gasteiger partial charge < -0.3 is 5.11 Å². The van der Waals surface area contributed by atoms with Gasteiger partial charge in [0.25, 0.3) is 0 Å². The Hall–Kier alpha value is -1.60. The maximum absolute atomic E-state index is 11.2. The van der Waals surface area contributed by atoms with E-state index in [-0.39, 0.29) is 0 Å². The zero-order valence-electron chi connectivity index (χ0n) is 12.5. The zero-order valence-corrected chi connectivity index (χ0v) is 12.5. The molecule has 0 aromatic heterocycles. The van der Waals surface area contributed by atoms with Gasteiger partial charge in [0.2, 0.25) is 0 Å². The van der Waals surface area contributed by atoms with E-state index in [2.05, 4.69) is 55.5 Å². The van der Waals surface area contributed by atoms with Crippen LogP contribution in [0, 0.1) is 17.8 Å². The molecule has 2 aliphatic rings. The van der Waals surface area contributed by atoms with E-state index >= 15 is 0 Å². The van der Waals surface area contributed by atoms with Gasteiger partial charge in [-0.05, 0) is 53.7 Å². The van der Waals surface area contributed by atoms with E-state index in [0.717, 1.165) is 12.0 Å². The molecule has 2 aliphatic carbocycles. The van der Waals surface area contributed by atoms with Gasteiger partial charge in [-0.15, -0.1) is 0 Å². The average molecular weight is 278 g/mol. The third-order valence-corrected chi connectivity index (χ3v) is 5.91. The minimum absolute atomic E-state index is 0.449. The summed E-state index contributed by atoms with van der Waals surface area (Å²) < 4.78 is 0. The largest absolute Gasteiger partial charge is 0.385 e. The van der Waals surface area contributed by atoms with Crippen molar-refractivity contribution in [2.24, 2.45) is 17.8 Å². The third-order valence-electron chi connectivity index (χ3n) is 5.91. The Bertz CT molecular complexity index is 631. The molecule has 4 unspecified atom stereocenters. The summed E-state index contributed by atoms with van der Waals surface area (Å²) in [6.07, 6.45) is 3.43. The predicted molar refractivity (Wildman–Crippen MR) is 85.8 cm³/mol.